The molecule has 29 heavy (non-hydrogen) atoms. The van der Waals surface area contributed by atoms with Crippen molar-refractivity contribution < 1.29 is 17.9 Å². The molecule has 8 nitrogen and oxygen atoms in total. The Hall–Kier alpha value is -2.67. The number of benzene rings is 1. The third kappa shape index (κ3) is 4.50. The molecule has 1 aliphatic heterocycles. The van der Waals surface area contributed by atoms with Gasteiger partial charge in [0.15, 0.2) is 0 Å². The standard InChI is InChI=1S/C19H19ClN4O4S/c1-28-16-5-4-13(12-21)11-15(16)23-19(25)14-6-9-24(10-7-14)29(26,27)17-3-2-8-22-18(17)20/h2-5,8,11,14H,6-7,9-10H2,1H3,(H,23,25). The van der Waals surface area contributed by atoms with E-state index in [0.717, 1.165) is 0 Å². The van der Waals surface area contributed by atoms with Crippen LogP contribution in [0.1, 0.15) is 18.4 Å². The minimum absolute atomic E-state index is 0.0392. The van der Waals surface area contributed by atoms with E-state index < -0.39 is 10.0 Å². The van der Waals surface area contributed by atoms with Crippen LogP contribution in [0.25, 0.3) is 0 Å². The van der Waals surface area contributed by atoms with E-state index in [9.17, 15) is 13.2 Å². The molecule has 3 rings (SSSR count). The molecule has 0 radical (unpaired) electrons. The van der Waals surface area contributed by atoms with Gasteiger partial charge in [-0.2, -0.15) is 9.57 Å². The van der Waals surface area contributed by atoms with Crippen LogP contribution in [0.3, 0.4) is 0 Å². The number of hydrogen-bond donors (Lipinski definition) is 1. The summed E-state index contributed by atoms with van der Waals surface area (Å²) in [5, 5.41) is 11.8. The number of sulfonamides is 1. The molecular weight excluding hydrogens is 416 g/mol. The molecule has 1 aliphatic rings. The number of methoxy groups -OCH3 is 1. The molecule has 2 heterocycles. The fourth-order valence-electron chi connectivity index (χ4n) is 3.17. The maximum atomic E-state index is 12.8. The lowest BCUT2D eigenvalue weighted by Gasteiger charge is -2.30. The van der Waals surface area contributed by atoms with Crippen molar-refractivity contribution in [3.63, 3.8) is 0 Å². The minimum Gasteiger partial charge on any atom is -0.495 e. The Bertz CT molecular complexity index is 1060. The number of nitrogens with zero attached hydrogens (tertiary/aromatic N) is 3. The highest BCUT2D eigenvalue weighted by atomic mass is 35.5. The third-order valence-corrected chi connectivity index (χ3v) is 7.10. The summed E-state index contributed by atoms with van der Waals surface area (Å²) < 4.78 is 32.1. The Balaban J connectivity index is 1.68. The number of ether oxygens (including phenoxy) is 1. The van der Waals surface area contributed by atoms with E-state index in [-0.39, 0.29) is 35.0 Å². The summed E-state index contributed by atoms with van der Waals surface area (Å²) in [5.74, 6) is -0.153. The molecule has 152 valence electrons. The summed E-state index contributed by atoms with van der Waals surface area (Å²) >= 11 is 5.93. The second-order valence-corrected chi connectivity index (χ2v) is 8.75. The molecule has 1 aromatic carbocycles. The Kier molecular flexibility index (Phi) is 6.37. The van der Waals surface area contributed by atoms with Gasteiger partial charge in [-0.05, 0) is 43.2 Å². The number of carbonyl (C=O) groups excluding carboxylic acids is 1. The number of carbonyl (C=O) groups is 1. The van der Waals surface area contributed by atoms with Crippen molar-refractivity contribution in [2.45, 2.75) is 17.7 Å². The first-order chi connectivity index (χ1) is 13.9. The average molecular weight is 435 g/mol. The zero-order chi connectivity index (χ0) is 21.0. The molecule has 1 aromatic heterocycles. The van der Waals surface area contributed by atoms with Gasteiger partial charge in [0.1, 0.15) is 15.8 Å². The summed E-state index contributed by atoms with van der Waals surface area (Å²) in [5.41, 5.74) is 0.809. The van der Waals surface area contributed by atoms with Crippen molar-refractivity contribution in [3.8, 4) is 11.8 Å². The average Bonchev–Trinajstić information content (AvgIpc) is 2.74. The molecular formula is C19H19ClN4O4S. The summed E-state index contributed by atoms with van der Waals surface area (Å²) in [6, 6.07) is 9.70. The second-order valence-electron chi connectivity index (χ2n) is 6.49. The fourth-order valence-corrected chi connectivity index (χ4v) is 5.07. The maximum absolute atomic E-state index is 12.8. The van der Waals surface area contributed by atoms with Crippen LogP contribution in [0.4, 0.5) is 5.69 Å². The summed E-state index contributed by atoms with van der Waals surface area (Å²) in [6.45, 7) is 0.391. The van der Waals surface area contributed by atoms with Crippen LogP contribution < -0.4 is 10.1 Å². The molecule has 1 amide bonds. The third-order valence-electron chi connectivity index (χ3n) is 4.75. The molecule has 10 heteroatoms. The Morgan fingerprint density at radius 3 is 2.69 bits per heavy atom. The van der Waals surface area contributed by atoms with Crippen molar-refractivity contribution in [2.24, 2.45) is 5.92 Å². The number of anilines is 1. The van der Waals surface area contributed by atoms with Crippen LogP contribution in [-0.2, 0) is 14.8 Å². The largest absolute Gasteiger partial charge is 0.495 e. The van der Waals surface area contributed by atoms with E-state index in [4.69, 9.17) is 21.6 Å². The lowest BCUT2D eigenvalue weighted by atomic mass is 9.97. The van der Waals surface area contributed by atoms with E-state index in [1.54, 1.807) is 18.2 Å². The van der Waals surface area contributed by atoms with Crippen molar-refractivity contribution in [1.29, 1.82) is 5.26 Å². The highest BCUT2D eigenvalue weighted by Gasteiger charge is 2.33. The van der Waals surface area contributed by atoms with Crippen molar-refractivity contribution in [1.82, 2.24) is 9.29 Å². The van der Waals surface area contributed by atoms with Gasteiger partial charge in [0.25, 0.3) is 0 Å². The summed E-state index contributed by atoms with van der Waals surface area (Å²) in [6.07, 6.45) is 2.15. The van der Waals surface area contributed by atoms with Crippen molar-refractivity contribution >= 4 is 33.2 Å². The molecule has 1 N–H and O–H groups in total. The topological polar surface area (TPSA) is 112 Å². The number of pyridine rings is 1. The number of nitriles is 1. The molecule has 1 saturated heterocycles. The number of piperidine rings is 1. The van der Waals surface area contributed by atoms with Crippen LogP contribution in [0.5, 0.6) is 5.75 Å². The van der Waals surface area contributed by atoms with Crippen LogP contribution in [-0.4, -0.2) is 43.8 Å². The van der Waals surface area contributed by atoms with E-state index in [2.05, 4.69) is 10.3 Å². The lowest BCUT2D eigenvalue weighted by molar-refractivity contribution is -0.120. The smallest absolute Gasteiger partial charge is 0.246 e. The monoisotopic (exact) mass is 434 g/mol. The van der Waals surface area contributed by atoms with Gasteiger partial charge in [-0.1, -0.05) is 11.6 Å². The SMILES string of the molecule is COc1ccc(C#N)cc1NC(=O)C1CCN(S(=O)(=O)c2cccnc2Cl)CC1. The Labute approximate surface area is 174 Å². The van der Waals surface area contributed by atoms with E-state index in [0.29, 0.717) is 29.8 Å². The van der Waals surface area contributed by atoms with Crippen LogP contribution in [0.15, 0.2) is 41.4 Å². The first-order valence-electron chi connectivity index (χ1n) is 8.86. The molecule has 1 fully saturated rings. The number of hydrogen-bond acceptors (Lipinski definition) is 6. The highest BCUT2D eigenvalue weighted by Crippen LogP contribution is 2.29. The summed E-state index contributed by atoms with van der Waals surface area (Å²) in [7, 11) is -2.29. The summed E-state index contributed by atoms with van der Waals surface area (Å²) in [4.78, 5) is 16.4. The van der Waals surface area contributed by atoms with Gasteiger partial charge in [-0.15, -0.1) is 0 Å². The number of amides is 1. The maximum Gasteiger partial charge on any atom is 0.246 e. The predicted octanol–water partition coefficient (Wildman–Crippen LogP) is 2.65. The van der Waals surface area contributed by atoms with Gasteiger partial charge in [0, 0.05) is 25.2 Å². The molecule has 0 spiro atoms. The van der Waals surface area contributed by atoms with Gasteiger partial charge in [-0.25, -0.2) is 13.4 Å². The highest BCUT2D eigenvalue weighted by molar-refractivity contribution is 7.89. The van der Waals surface area contributed by atoms with Gasteiger partial charge >= 0.3 is 0 Å². The fraction of sp³-hybridized carbons (Fsp3) is 0.316. The molecule has 0 aliphatic carbocycles. The van der Waals surface area contributed by atoms with Crippen molar-refractivity contribution in [2.75, 3.05) is 25.5 Å². The van der Waals surface area contributed by atoms with Gasteiger partial charge in [-0.3, -0.25) is 4.79 Å². The van der Waals surface area contributed by atoms with Crippen LogP contribution >= 0.6 is 11.6 Å². The van der Waals surface area contributed by atoms with Gasteiger partial charge < -0.3 is 10.1 Å². The van der Waals surface area contributed by atoms with Crippen LogP contribution in [0.2, 0.25) is 5.15 Å². The Morgan fingerprint density at radius 1 is 1.34 bits per heavy atom. The number of nitrogens with one attached hydrogen (secondary N) is 1. The lowest BCUT2D eigenvalue weighted by Crippen LogP contribution is -2.41. The quantitative estimate of drug-likeness (QED) is 0.724. The van der Waals surface area contributed by atoms with Crippen molar-refractivity contribution in [3.05, 3.63) is 47.2 Å². The second kappa shape index (κ2) is 8.78. The number of rotatable bonds is 5. The zero-order valence-corrected chi connectivity index (χ0v) is 17.2. The normalized spacial score (nSPS) is 15.5. The Morgan fingerprint density at radius 2 is 2.07 bits per heavy atom. The van der Waals surface area contributed by atoms with Gasteiger partial charge in [0.05, 0.1) is 24.4 Å². The minimum atomic E-state index is -3.77. The van der Waals surface area contributed by atoms with Crippen LogP contribution in [0, 0.1) is 17.2 Å². The van der Waals surface area contributed by atoms with E-state index in [1.165, 1.54) is 29.7 Å². The molecule has 0 bridgehead atoms. The van der Waals surface area contributed by atoms with E-state index >= 15 is 0 Å². The first-order valence-corrected chi connectivity index (χ1v) is 10.7. The predicted molar refractivity (Wildman–Crippen MR) is 107 cm³/mol. The van der Waals surface area contributed by atoms with Gasteiger partial charge in [0.2, 0.25) is 15.9 Å². The number of halogens is 1. The molecule has 0 saturated carbocycles. The number of aromatic nitrogens is 1. The first kappa shape index (κ1) is 21.0. The molecule has 0 unspecified atom stereocenters. The zero-order valence-electron chi connectivity index (χ0n) is 15.6. The molecule has 0 atom stereocenters. The van der Waals surface area contributed by atoms with E-state index in [1.807, 2.05) is 6.07 Å². The molecule has 2 aromatic rings.